The fourth-order valence-electron chi connectivity index (χ4n) is 17.6. The van der Waals surface area contributed by atoms with E-state index < -0.39 is 0 Å². The quantitative estimate of drug-likeness (QED) is 0.162. The molecule has 0 aliphatic carbocycles. The molecule has 0 saturated carbocycles. The zero-order valence-corrected chi connectivity index (χ0v) is 80.2. The summed E-state index contributed by atoms with van der Waals surface area (Å²) in [6.07, 6.45) is 11.1. The lowest BCUT2D eigenvalue weighted by atomic mass is 9.99. The molecule has 0 amide bonds. The van der Waals surface area contributed by atoms with Crippen molar-refractivity contribution < 1.29 is 0 Å². The van der Waals surface area contributed by atoms with Gasteiger partial charge in [0.1, 0.15) is 42.1 Å². The maximum atomic E-state index is 4.56. The van der Waals surface area contributed by atoms with Crippen molar-refractivity contribution in [3.05, 3.63) is 435 Å². The summed E-state index contributed by atoms with van der Waals surface area (Å²) in [5.41, 5.74) is 22.0. The van der Waals surface area contributed by atoms with Gasteiger partial charge in [0.05, 0.1) is 0 Å². The first-order valence-corrected chi connectivity index (χ1v) is 50.1. The number of nitrogens with zero attached hydrogens (tertiary/aromatic N) is 8. The van der Waals surface area contributed by atoms with Crippen LogP contribution in [0.1, 0.15) is 39.5 Å². The summed E-state index contributed by atoms with van der Waals surface area (Å²) in [5.74, 6) is 1.66. The van der Waals surface area contributed by atoms with Gasteiger partial charge in [0, 0.05) is 149 Å². The van der Waals surface area contributed by atoms with E-state index in [0.29, 0.717) is 0 Å². The van der Waals surface area contributed by atoms with Crippen LogP contribution in [0.5, 0.6) is 0 Å². The summed E-state index contributed by atoms with van der Waals surface area (Å²) in [7, 11) is 0. The second-order valence-electron chi connectivity index (χ2n) is 33.2. The molecule has 12 heterocycles. The molecule has 27 aromatic rings. The van der Waals surface area contributed by atoms with Gasteiger partial charge in [0.2, 0.25) is 0 Å². The molecule has 15 heteroatoms. The lowest BCUT2D eigenvalue weighted by Gasteiger charge is -2.04. The van der Waals surface area contributed by atoms with Crippen LogP contribution in [-0.2, 0) is 0 Å². The van der Waals surface area contributed by atoms with Crippen LogP contribution in [-0.4, -0.2) is 39.9 Å². The van der Waals surface area contributed by atoms with Crippen molar-refractivity contribution in [1.82, 2.24) is 39.9 Å². The number of aromatic nitrogens is 8. The Kier molecular flexibility index (Phi) is 24.6. The second-order valence-corrected chi connectivity index (χ2v) is 40.3. The second kappa shape index (κ2) is 38.3. The molecule has 0 N–H and O–H groups in total. The average Bonchev–Trinajstić information content (AvgIpc) is 1.58. The van der Waals surface area contributed by atoms with Gasteiger partial charge in [-0.15, -0.1) is 79.4 Å². The zero-order chi connectivity index (χ0) is 90.7. The Morgan fingerprint density at radius 3 is 0.925 bits per heavy atom. The molecule has 0 fully saturated rings. The zero-order valence-electron chi connectivity index (χ0n) is 74.5. The van der Waals surface area contributed by atoms with Gasteiger partial charge in [-0.05, 0) is 157 Å². The summed E-state index contributed by atoms with van der Waals surface area (Å²) in [6.45, 7) is 14.6. The molecule has 134 heavy (non-hydrogen) atoms. The molecule has 15 aromatic carbocycles. The van der Waals surface area contributed by atoms with E-state index in [9.17, 15) is 0 Å². The van der Waals surface area contributed by atoms with E-state index in [4.69, 9.17) is 0 Å². The predicted molar refractivity (Wildman–Crippen MR) is 583 cm³/mol. The van der Waals surface area contributed by atoms with E-state index in [2.05, 4.69) is 408 Å². The third-order valence-corrected chi connectivity index (χ3v) is 32.3. The molecule has 0 unspecified atom stereocenters. The molecule has 0 aliphatic rings. The van der Waals surface area contributed by atoms with Gasteiger partial charge in [0.25, 0.3) is 0 Å². The highest BCUT2D eigenvalue weighted by Crippen LogP contribution is 2.48. The van der Waals surface area contributed by atoms with Gasteiger partial charge in [-0.3, -0.25) is 0 Å². The van der Waals surface area contributed by atoms with Gasteiger partial charge in [-0.1, -0.05) is 344 Å². The minimum atomic E-state index is 0.824. The first-order valence-electron chi connectivity index (χ1n) is 44.4. The van der Waals surface area contributed by atoms with Crippen molar-refractivity contribution in [2.45, 2.75) is 48.5 Å². The van der Waals surface area contributed by atoms with Gasteiger partial charge >= 0.3 is 0 Å². The monoisotopic (exact) mass is 1850 g/mol. The van der Waals surface area contributed by atoms with Crippen LogP contribution in [0.25, 0.3) is 209 Å². The third kappa shape index (κ3) is 17.6. The summed E-state index contributed by atoms with van der Waals surface area (Å²) < 4.78 is 12.0. The van der Waals surface area contributed by atoms with Crippen molar-refractivity contribution >= 4 is 221 Å². The largest absolute Gasteiger partial charge is 0.245 e. The highest BCUT2D eigenvalue weighted by atomic mass is 32.1. The summed E-state index contributed by atoms with van der Waals surface area (Å²) in [5, 5.41) is 17.8. The molecular formula is C119H86N8S7. The van der Waals surface area contributed by atoms with Gasteiger partial charge in [-0.25, -0.2) is 39.9 Å². The number of pyridine rings is 2. The molecule has 0 bridgehead atoms. The third-order valence-electron chi connectivity index (χ3n) is 24.0. The highest BCUT2D eigenvalue weighted by Gasteiger charge is 2.19. The number of benzene rings is 15. The first kappa shape index (κ1) is 86.1. The van der Waals surface area contributed by atoms with Gasteiger partial charge < -0.3 is 0 Å². The Labute approximate surface area is 803 Å². The lowest BCUT2D eigenvalue weighted by Crippen LogP contribution is -1.83. The Balaban J connectivity index is 0.0000000946. The molecule has 8 nitrogen and oxygen atoms in total. The maximum absolute atomic E-state index is 4.56. The molecular weight excluding hydrogens is 1770 g/mol. The lowest BCUT2D eigenvalue weighted by molar-refractivity contribution is 1.10. The van der Waals surface area contributed by atoms with Crippen LogP contribution in [0.3, 0.4) is 0 Å². The van der Waals surface area contributed by atoms with E-state index in [0.717, 1.165) is 52.0 Å². The van der Waals surface area contributed by atoms with Crippen LogP contribution < -0.4 is 0 Å². The number of hydrogen-bond donors (Lipinski definition) is 0. The van der Waals surface area contributed by atoms with Crippen molar-refractivity contribution in [2.24, 2.45) is 0 Å². The predicted octanol–water partition coefficient (Wildman–Crippen LogP) is 35.7. The van der Waals surface area contributed by atoms with Crippen LogP contribution in [0.15, 0.2) is 395 Å². The fraction of sp³-hybridized carbons (Fsp3) is 0.0588. The molecule has 644 valence electrons. The summed E-state index contributed by atoms with van der Waals surface area (Å²) >= 11 is 12.6. The van der Waals surface area contributed by atoms with E-state index >= 15 is 0 Å². The van der Waals surface area contributed by atoms with Crippen molar-refractivity contribution in [2.75, 3.05) is 0 Å². The average molecular weight is 1850 g/mol. The van der Waals surface area contributed by atoms with Crippen LogP contribution >= 0.6 is 79.4 Å². The maximum Gasteiger partial charge on any atom is 0.128 e. The molecule has 27 rings (SSSR count). The van der Waals surface area contributed by atoms with Gasteiger partial charge in [-0.2, -0.15) is 0 Å². The SMILES string of the molecule is Cc1cccc(-c2cccc3c2sc2c(-c4ccccc4)cccc23)c1.Cc1cccc(-c2cccc3c2sc2ccccc23)c1.Cc1cccc(-c2cccc3c2sc2ncccc23)c1.Cc1cccc(-c2cccc3c2sc2ncncc23)c1.Cc1cccc2c1sc1ncccc12.Cc1ncc2c(n1)sc1c(-c3ccccc3)cccc12.Cc1ncc2c(n1)sc1ccccc12. The Bertz CT molecular complexity index is 8660. The minimum absolute atomic E-state index is 0.824. The number of hydrogen-bond acceptors (Lipinski definition) is 15. The topological polar surface area (TPSA) is 103 Å². The van der Waals surface area contributed by atoms with Crippen LogP contribution in [0.4, 0.5) is 0 Å². The fourth-order valence-corrected chi connectivity index (χ4v) is 26.0. The standard InChI is InChI=1S/C25H18S.C19H14S.C18H13NS.2C17H12N2S.C12H9NS.C11H8N2S/c1-17-8-5-11-19(16-17)21-13-7-15-23-22-14-6-12-20(24(22)26-25(21)23)18-9-3-2-4-10-18;1-13-6-4-7-14(12-13)15-9-5-10-17-16-8-2-3-11-18(16)20-19(15)17;1-12-5-2-6-13(11-12)14-7-3-8-15-16-9-4-10-19-18(16)20-17(14)15;1-11-4-2-5-12(8-11)13-6-3-7-14-15-9-18-10-19-17(15)20-16(13)14;1-11-18-10-15-14-9-5-8-13(12-6-3-2-4-7-12)16(14)20-17(15)19-11;1-8-4-2-5-9-10-6-3-7-13-12(10)14-11(8)9;1-7-12-6-9-8-4-2-3-5-10(8)14-11(9)13-7/h2-16H,1H3;2-12H,1H3;2-11H,1H3;2*2-10H,1H3;2-7H,1H3;2-6H,1H3. The Morgan fingerprint density at radius 2 is 0.478 bits per heavy atom. The number of thiophene rings is 7. The smallest absolute Gasteiger partial charge is 0.128 e. The van der Waals surface area contributed by atoms with E-state index in [1.54, 1.807) is 63.0 Å². The molecule has 0 atom stereocenters. The summed E-state index contributed by atoms with van der Waals surface area (Å²) in [6, 6.07) is 127. The van der Waals surface area contributed by atoms with Gasteiger partial charge in [0.15, 0.2) is 0 Å². The Morgan fingerprint density at radius 1 is 0.187 bits per heavy atom. The van der Waals surface area contributed by atoms with Crippen LogP contribution in [0.2, 0.25) is 0 Å². The molecule has 0 spiro atoms. The number of aryl methyl sites for hydroxylation is 7. The molecule has 12 aromatic heterocycles. The van der Waals surface area contributed by atoms with Crippen molar-refractivity contribution in [3.8, 4) is 66.8 Å². The van der Waals surface area contributed by atoms with Crippen molar-refractivity contribution in [1.29, 1.82) is 0 Å². The van der Waals surface area contributed by atoms with E-state index in [-0.39, 0.29) is 0 Å². The van der Waals surface area contributed by atoms with Crippen LogP contribution in [0, 0.1) is 48.5 Å². The minimum Gasteiger partial charge on any atom is -0.245 e. The summed E-state index contributed by atoms with van der Waals surface area (Å²) in [4.78, 5) is 40.4. The Hall–Kier alpha value is -14.6. The molecule has 0 saturated heterocycles. The molecule has 0 radical (unpaired) electrons. The normalized spacial score (nSPS) is 11.2. The highest BCUT2D eigenvalue weighted by molar-refractivity contribution is 7.28. The van der Waals surface area contributed by atoms with Crippen molar-refractivity contribution in [3.63, 3.8) is 0 Å². The van der Waals surface area contributed by atoms with E-state index in [1.807, 2.05) is 91.8 Å². The van der Waals surface area contributed by atoms with E-state index in [1.165, 1.54) is 196 Å². The first-order chi connectivity index (χ1) is 65.8. The number of rotatable bonds is 6. The molecule has 0 aliphatic heterocycles. The number of fused-ring (bicyclic) bond motifs is 21.